The number of nitriles is 1. The van der Waals surface area contributed by atoms with E-state index in [1.807, 2.05) is 24.0 Å². The summed E-state index contributed by atoms with van der Waals surface area (Å²) >= 11 is 1.25. The number of aryl methyl sites for hydroxylation is 2. The maximum absolute atomic E-state index is 14.1. The number of nitrogens with one attached hydrogen (secondary N) is 3. The van der Waals surface area contributed by atoms with Crippen LogP contribution in [0.4, 0.5) is 8.78 Å². The van der Waals surface area contributed by atoms with Crippen molar-refractivity contribution in [1.29, 1.82) is 5.26 Å². The van der Waals surface area contributed by atoms with E-state index >= 15 is 0 Å². The molecule has 7 amide bonds. The van der Waals surface area contributed by atoms with Crippen LogP contribution in [0.25, 0.3) is 10.9 Å². The summed E-state index contributed by atoms with van der Waals surface area (Å²) in [5.74, 6) is -8.86. The molecule has 2 aromatic carbocycles. The van der Waals surface area contributed by atoms with Gasteiger partial charge in [-0.15, -0.1) is 11.8 Å². The number of benzene rings is 2. The SMILES string of the molecule is Cc1ccc(CCCC(=O)NCCCC[C@@H](CSC2CC(=O)N(C[C@@H](C)C(=O)N3CCC(CCCOc4ccc5nccc(C(=O)NCC(=O)N6CC(F)(F)C[C@@H]6C#N)c5c4)CC3)C2=O)NC(=O)CN2CCN(CC(=O)O)CCN(CC(=O)O)CCN(CC(=O)O)CC2)cc1. The lowest BCUT2D eigenvalue weighted by molar-refractivity contribution is -0.143. The average Bonchev–Trinajstić information content (AvgIpc) is 1.77. The molecule has 4 fully saturated rings. The van der Waals surface area contributed by atoms with Crippen molar-refractivity contribution in [3.63, 3.8) is 0 Å². The molecule has 0 radical (unpaired) electrons. The molecule has 0 spiro atoms. The number of fused-ring (bicyclic) bond motifs is 1. The molecule has 1 unspecified atom stereocenters. The number of carbonyl (C=O) groups is 10. The first kappa shape index (κ1) is 74.5. The fourth-order valence-electron chi connectivity index (χ4n) is 12.3. The Morgan fingerprint density at radius 2 is 1.40 bits per heavy atom. The van der Waals surface area contributed by atoms with Crippen LogP contribution >= 0.6 is 11.8 Å². The summed E-state index contributed by atoms with van der Waals surface area (Å²) in [6.07, 6.45) is 7.08. The number of amides is 7. The van der Waals surface area contributed by atoms with Crippen molar-refractivity contribution < 1.29 is 76.8 Å². The zero-order valence-corrected chi connectivity index (χ0v) is 55.0. The molecule has 3 aromatic rings. The Labute approximate surface area is 556 Å². The quantitative estimate of drug-likeness (QED) is 0.0386. The van der Waals surface area contributed by atoms with Crippen LogP contribution in [0.2, 0.25) is 0 Å². The molecule has 29 heteroatoms. The minimum absolute atomic E-state index is 0.0638. The van der Waals surface area contributed by atoms with Crippen molar-refractivity contribution in [2.24, 2.45) is 11.8 Å². The highest BCUT2D eigenvalue weighted by atomic mass is 32.2. The smallest absolute Gasteiger partial charge is 0.317 e. The van der Waals surface area contributed by atoms with Crippen LogP contribution in [-0.4, -0.2) is 267 Å². The summed E-state index contributed by atoms with van der Waals surface area (Å²) in [5.41, 5.74) is 3.01. The molecule has 4 aliphatic rings. The van der Waals surface area contributed by atoms with Gasteiger partial charge in [0.1, 0.15) is 11.8 Å². The van der Waals surface area contributed by atoms with Gasteiger partial charge in [0.05, 0.1) is 74.2 Å². The number of nitrogens with zero attached hydrogens (tertiary/aromatic N) is 9. The predicted molar refractivity (Wildman–Crippen MR) is 347 cm³/mol. The van der Waals surface area contributed by atoms with Gasteiger partial charge in [-0.2, -0.15) is 5.26 Å². The van der Waals surface area contributed by atoms with E-state index in [4.69, 9.17) is 4.74 Å². The summed E-state index contributed by atoms with van der Waals surface area (Å²) in [6, 6.07) is 14.7. The van der Waals surface area contributed by atoms with Gasteiger partial charge in [-0.3, -0.25) is 77.4 Å². The van der Waals surface area contributed by atoms with Crippen LogP contribution in [0.5, 0.6) is 5.75 Å². The van der Waals surface area contributed by atoms with Crippen molar-refractivity contribution in [2.75, 3.05) is 130 Å². The van der Waals surface area contributed by atoms with Gasteiger partial charge >= 0.3 is 17.9 Å². The monoisotopic (exact) mass is 1340 g/mol. The summed E-state index contributed by atoms with van der Waals surface area (Å²) in [5, 5.41) is 46.5. The molecule has 6 N–H and O–H groups in total. The molecule has 0 bridgehead atoms. The second-order valence-corrected chi connectivity index (χ2v) is 26.4. The summed E-state index contributed by atoms with van der Waals surface area (Å²) < 4.78 is 34.0. The Hall–Kier alpha value is -7.91. The maximum atomic E-state index is 14.1. The summed E-state index contributed by atoms with van der Waals surface area (Å²) in [7, 11) is 0. The van der Waals surface area contributed by atoms with Crippen LogP contribution in [0.15, 0.2) is 54.7 Å². The number of unbranched alkanes of at least 4 members (excludes halogenated alkanes) is 1. The van der Waals surface area contributed by atoms with E-state index in [1.165, 1.54) is 24.0 Å². The van der Waals surface area contributed by atoms with Gasteiger partial charge in [-0.1, -0.05) is 36.8 Å². The van der Waals surface area contributed by atoms with Crippen LogP contribution in [0.3, 0.4) is 0 Å². The predicted octanol–water partition coefficient (Wildman–Crippen LogP) is 3.20. The van der Waals surface area contributed by atoms with Gasteiger partial charge in [-0.05, 0) is 100 Å². The number of thioether (sulfide) groups is 1. The second-order valence-electron chi connectivity index (χ2n) is 25.2. The summed E-state index contributed by atoms with van der Waals surface area (Å²) in [6.45, 7) is 4.64. The number of ether oxygens (including phenoxy) is 1. The third-order valence-corrected chi connectivity index (χ3v) is 19.0. The first-order chi connectivity index (χ1) is 45.4. The second kappa shape index (κ2) is 36.8. The van der Waals surface area contributed by atoms with Gasteiger partial charge in [0, 0.05) is 121 Å². The van der Waals surface area contributed by atoms with Gasteiger partial charge in [0.2, 0.25) is 35.4 Å². The normalized spacial score (nSPS) is 19.5. The number of hydrogen-bond donors (Lipinski definition) is 6. The number of piperidine rings is 1. The fraction of sp³-hybridized carbons (Fsp3) is 0.606. The minimum atomic E-state index is -3.19. The molecule has 26 nitrogen and oxygen atoms in total. The Balaban J connectivity index is 0.877. The molecule has 7 rings (SSSR count). The van der Waals surface area contributed by atoms with Crippen LogP contribution in [0.1, 0.15) is 99.0 Å². The highest BCUT2D eigenvalue weighted by Gasteiger charge is 2.47. The van der Waals surface area contributed by atoms with Crippen molar-refractivity contribution in [3.8, 4) is 11.8 Å². The average molecular weight is 1350 g/mol. The number of alkyl halides is 2. The molecule has 95 heavy (non-hydrogen) atoms. The number of hydrogen-bond acceptors (Lipinski definition) is 18. The van der Waals surface area contributed by atoms with E-state index in [0.717, 1.165) is 46.6 Å². The fourth-order valence-corrected chi connectivity index (χ4v) is 13.6. The number of imide groups is 1. The largest absolute Gasteiger partial charge is 0.494 e. The lowest BCUT2D eigenvalue weighted by atomic mass is 9.91. The van der Waals surface area contributed by atoms with Crippen molar-refractivity contribution in [1.82, 2.24) is 55.2 Å². The standard InChI is InChI=1S/C66H90F2N12O14S/c1-45-11-13-47(14-12-45)7-5-10-56(81)71-20-4-3-9-49(73-57(82)39-74-24-26-75(40-60(85)86)28-30-77(42-62(89)90)31-29-76(27-25-74)41-61(87)88)43-95-55-34-58(83)79(65(55)93)38-46(2)64(92)78-22-18-48(19-23-78)8-6-32-94-51-15-16-54-53(33-51)52(17-21-70-54)63(91)72-37-59(84)80-44-66(67,68)35-50(80)36-69/h11-17,21,33,46,48-50,55H,3-10,18-20,22-32,34-35,37-44H2,1-2H3,(H,71,81)(H,72,91)(H,73,82)(H,85,86)(H,87,88)(H,89,90)/t46-,49+,50-,55?/m1/s1. The number of rotatable bonds is 32. The molecule has 0 aliphatic carbocycles. The molecule has 4 saturated heterocycles. The third-order valence-electron chi connectivity index (χ3n) is 17.7. The van der Waals surface area contributed by atoms with Gasteiger partial charge in [-0.25, -0.2) is 8.78 Å². The zero-order chi connectivity index (χ0) is 68.6. The number of pyridine rings is 1. The van der Waals surface area contributed by atoms with Crippen molar-refractivity contribution in [3.05, 3.63) is 71.4 Å². The highest BCUT2D eigenvalue weighted by molar-refractivity contribution is 8.00. The molecule has 518 valence electrons. The van der Waals surface area contributed by atoms with E-state index in [1.54, 1.807) is 50.8 Å². The van der Waals surface area contributed by atoms with E-state index in [9.17, 15) is 77.3 Å². The molecule has 5 heterocycles. The molecule has 0 saturated carbocycles. The first-order valence-electron chi connectivity index (χ1n) is 32.7. The van der Waals surface area contributed by atoms with Crippen LogP contribution in [0, 0.1) is 30.1 Å². The van der Waals surface area contributed by atoms with E-state index in [0.29, 0.717) is 87.3 Å². The van der Waals surface area contributed by atoms with Gasteiger partial charge in [0.15, 0.2) is 0 Å². The lowest BCUT2D eigenvalue weighted by Crippen LogP contribution is -2.50. The molecule has 4 atom stereocenters. The number of aromatic nitrogens is 1. The van der Waals surface area contributed by atoms with E-state index in [2.05, 4.69) is 33.1 Å². The minimum Gasteiger partial charge on any atom is -0.494 e. The van der Waals surface area contributed by atoms with Crippen molar-refractivity contribution in [2.45, 2.75) is 114 Å². The number of halogens is 2. The number of aliphatic carboxylic acids is 3. The third kappa shape index (κ3) is 24.4. The molecular formula is C66H90F2N12O14S. The Morgan fingerprint density at radius 3 is 2.01 bits per heavy atom. The summed E-state index contributed by atoms with van der Waals surface area (Å²) in [4.78, 5) is 145. The van der Waals surface area contributed by atoms with Crippen molar-refractivity contribution >= 4 is 81.9 Å². The molecular weight excluding hydrogens is 1250 g/mol. The zero-order valence-electron chi connectivity index (χ0n) is 54.2. The topological polar surface area (TPSA) is 336 Å². The Morgan fingerprint density at radius 1 is 0.779 bits per heavy atom. The number of carboxylic acid groups (broad SMARTS) is 3. The maximum Gasteiger partial charge on any atom is 0.317 e. The molecule has 4 aliphatic heterocycles. The first-order valence-corrected chi connectivity index (χ1v) is 33.7. The Bertz CT molecular complexity index is 3180. The Kier molecular flexibility index (Phi) is 28.9. The van der Waals surface area contributed by atoms with Gasteiger partial charge in [0.25, 0.3) is 11.8 Å². The van der Waals surface area contributed by atoms with E-state index in [-0.39, 0.29) is 121 Å². The van der Waals surface area contributed by atoms with Crippen LogP contribution < -0.4 is 20.7 Å². The number of carbonyl (C=O) groups excluding carboxylic acids is 7. The number of likely N-dealkylation sites (tertiary alicyclic amines) is 3. The number of carboxylic acids is 3. The highest BCUT2D eigenvalue weighted by Crippen LogP contribution is 2.33. The van der Waals surface area contributed by atoms with Gasteiger partial charge < -0.3 is 45.8 Å². The van der Waals surface area contributed by atoms with Crippen LogP contribution in [-0.2, 0) is 49.6 Å². The molecule has 1 aromatic heterocycles. The lowest BCUT2D eigenvalue weighted by Gasteiger charge is -2.34. The van der Waals surface area contributed by atoms with E-state index < -0.39 is 90.2 Å².